The molecule has 132 valence electrons. The molecular weight excluding hydrogens is 409 g/mol. The summed E-state index contributed by atoms with van der Waals surface area (Å²) >= 11 is 0. The summed E-state index contributed by atoms with van der Waals surface area (Å²) < 4.78 is 15.9. The number of hydrogen-bond donors (Lipinski definition) is 2. The van der Waals surface area contributed by atoms with Gasteiger partial charge in [-0.3, -0.25) is 4.99 Å². The van der Waals surface area contributed by atoms with E-state index in [9.17, 15) is 0 Å². The summed E-state index contributed by atoms with van der Waals surface area (Å²) in [5, 5.41) is 6.49. The summed E-state index contributed by atoms with van der Waals surface area (Å²) in [5.74, 6) is 2.38. The van der Waals surface area contributed by atoms with E-state index in [0.29, 0.717) is 13.2 Å². The molecule has 2 N–H and O–H groups in total. The lowest BCUT2D eigenvalue weighted by atomic mass is 10.3. The lowest BCUT2D eigenvalue weighted by Gasteiger charge is -2.17. The van der Waals surface area contributed by atoms with Crippen molar-refractivity contribution in [1.82, 2.24) is 10.6 Å². The van der Waals surface area contributed by atoms with Crippen molar-refractivity contribution < 1.29 is 14.2 Å². The molecule has 0 aromatic heterocycles. The Labute approximate surface area is 156 Å². The topological polar surface area (TPSA) is 64.1 Å². The van der Waals surface area contributed by atoms with Crippen LogP contribution in [0.3, 0.4) is 0 Å². The molecule has 0 aliphatic heterocycles. The first kappa shape index (κ1) is 21.8. The predicted molar refractivity (Wildman–Crippen MR) is 104 cm³/mol. The Kier molecular flexibility index (Phi) is 12.5. The van der Waals surface area contributed by atoms with E-state index in [1.165, 1.54) is 0 Å². The lowest BCUT2D eigenvalue weighted by Crippen LogP contribution is -2.44. The standard InChI is InChI=1S/C16H27N3O3.HI/c1-13(12-20-3)19-16(17-2)18-9-6-10-22-15-8-5-7-14(11-15)21-4;/h5,7-8,11,13H,6,9-10,12H2,1-4H3,(H2,17,18,19);1H. The third-order valence-electron chi connectivity index (χ3n) is 2.95. The summed E-state index contributed by atoms with van der Waals surface area (Å²) in [6.07, 6.45) is 0.872. The van der Waals surface area contributed by atoms with Crippen LogP contribution >= 0.6 is 24.0 Å². The van der Waals surface area contributed by atoms with E-state index in [4.69, 9.17) is 14.2 Å². The van der Waals surface area contributed by atoms with Gasteiger partial charge in [-0.15, -0.1) is 24.0 Å². The van der Waals surface area contributed by atoms with Crippen LogP contribution in [0.25, 0.3) is 0 Å². The first-order valence-electron chi connectivity index (χ1n) is 7.42. The number of methoxy groups -OCH3 is 2. The van der Waals surface area contributed by atoms with Crippen molar-refractivity contribution in [2.75, 3.05) is 41.0 Å². The summed E-state index contributed by atoms with van der Waals surface area (Å²) in [7, 11) is 5.08. The first-order chi connectivity index (χ1) is 10.7. The van der Waals surface area contributed by atoms with Gasteiger partial charge in [-0.2, -0.15) is 0 Å². The molecule has 0 radical (unpaired) electrons. The quantitative estimate of drug-likeness (QED) is 0.269. The zero-order valence-electron chi connectivity index (χ0n) is 14.3. The van der Waals surface area contributed by atoms with E-state index in [-0.39, 0.29) is 30.0 Å². The highest BCUT2D eigenvalue weighted by molar-refractivity contribution is 14.0. The maximum Gasteiger partial charge on any atom is 0.191 e. The van der Waals surface area contributed by atoms with Crippen LogP contribution in [0, 0.1) is 0 Å². The second-order valence-electron chi connectivity index (χ2n) is 4.88. The van der Waals surface area contributed by atoms with E-state index >= 15 is 0 Å². The SMILES string of the molecule is CN=C(NCCCOc1cccc(OC)c1)NC(C)COC.I. The molecule has 1 aromatic carbocycles. The van der Waals surface area contributed by atoms with Crippen LogP contribution in [0.15, 0.2) is 29.3 Å². The van der Waals surface area contributed by atoms with Crippen molar-refractivity contribution in [2.45, 2.75) is 19.4 Å². The second-order valence-corrected chi connectivity index (χ2v) is 4.88. The van der Waals surface area contributed by atoms with Gasteiger partial charge in [0.2, 0.25) is 0 Å². The van der Waals surface area contributed by atoms with Gasteiger partial charge in [0.1, 0.15) is 11.5 Å². The Morgan fingerprint density at radius 1 is 1.26 bits per heavy atom. The minimum absolute atomic E-state index is 0. The fraction of sp³-hybridized carbons (Fsp3) is 0.562. The van der Waals surface area contributed by atoms with Gasteiger partial charge in [0.25, 0.3) is 0 Å². The molecule has 0 bridgehead atoms. The van der Waals surface area contributed by atoms with Gasteiger partial charge in [-0.25, -0.2) is 0 Å². The van der Waals surface area contributed by atoms with Gasteiger partial charge in [0.15, 0.2) is 5.96 Å². The predicted octanol–water partition coefficient (Wildman–Crippen LogP) is 2.28. The molecule has 0 aliphatic carbocycles. The van der Waals surface area contributed by atoms with Gasteiger partial charge in [0, 0.05) is 32.8 Å². The Morgan fingerprint density at radius 2 is 2.00 bits per heavy atom. The fourth-order valence-corrected chi connectivity index (χ4v) is 1.88. The molecule has 1 unspecified atom stereocenters. The third-order valence-corrected chi connectivity index (χ3v) is 2.95. The molecule has 0 spiro atoms. The van der Waals surface area contributed by atoms with Crippen LogP contribution in [-0.4, -0.2) is 53.0 Å². The van der Waals surface area contributed by atoms with Gasteiger partial charge >= 0.3 is 0 Å². The zero-order chi connectivity index (χ0) is 16.2. The monoisotopic (exact) mass is 437 g/mol. The summed E-state index contributed by atoms with van der Waals surface area (Å²) in [6.45, 7) is 4.09. The lowest BCUT2D eigenvalue weighted by molar-refractivity contribution is 0.179. The van der Waals surface area contributed by atoms with Crippen LogP contribution in [0.2, 0.25) is 0 Å². The number of rotatable bonds is 9. The Bertz CT molecular complexity index is 458. The third kappa shape index (κ3) is 9.50. The normalized spacial score (nSPS) is 12.1. The van der Waals surface area contributed by atoms with Crippen molar-refractivity contribution in [3.05, 3.63) is 24.3 Å². The Hall–Kier alpha value is -1.22. The van der Waals surface area contributed by atoms with E-state index in [1.807, 2.05) is 31.2 Å². The van der Waals surface area contributed by atoms with E-state index in [0.717, 1.165) is 30.4 Å². The van der Waals surface area contributed by atoms with Crippen LogP contribution in [0.5, 0.6) is 11.5 Å². The van der Waals surface area contributed by atoms with Crippen LogP contribution in [-0.2, 0) is 4.74 Å². The molecule has 23 heavy (non-hydrogen) atoms. The van der Waals surface area contributed by atoms with Crippen molar-refractivity contribution in [3.63, 3.8) is 0 Å². The summed E-state index contributed by atoms with van der Waals surface area (Å²) in [6, 6.07) is 7.81. The van der Waals surface area contributed by atoms with E-state index in [1.54, 1.807) is 21.3 Å². The highest BCUT2D eigenvalue weighted by Crippen LogP contribution is 2.18. The number of aliphatic imine (C=N–C) groups is 1. The maximum atomic E-state index is 5.68. The highest BCUT2D eigenvalue weighted by Gasteiger charge is 2.04. The number of benzene rings is 1. The van der Waals surface area contributed by atoms with E-state index < -0.39 is 0 Å². The van der Waals surface area contributed by atoms with Crippen molar-refractivity contribution >= 4 is 29.9 Å². The molecule has 1 rings (SSSR count). The molecular formula is C16H28IN3O3. The number of halogens is 1. The van der Waals surface area contributed by atoms with Gasteiger partial charge in [-0.05, 0) is 25.5 Å². The molecule has 0 aliphatic rings. The molecule has 1 aromatic rings. The van der Waals surface area contributed by atoms with Crippen LogP contribution < -0.4 is 20.1 Å². The van der Waals surface area contributed by atoms with E-state index in [2.05, 4.69) is 15.6 Å². The van der Waals surface area contributed by atoms with Gasteiger partial charge in [-0.1, -0.05) is 6.07 Å². The smallest absolute Gasteiger partial charge is 0.191 e. The zero-order valence-corrected chi connectivity index (χ0v) is 16.6. The Balaban J connectivity index is 0.00000484. The number of nitrogens with zero attached hydrogens (tertiary/aromatic N) is 1. The van der Waals surface area contributed by atoms with Crippen molar-refractivity contribution in [3.8, 4) is 11.5 Å². The largest absolute Gasteiger partial charge is 0.497 e. The number of guanidine groups is 1. The van der Waals surface area contributed by atoms with Crippen molar-refractivity contribution in [1.29, 1.82) is 0 Å². The number of ether oxygens (including phenoxy) is 3. The van der Waals surface area contributed by atoms with Crippen LogP contribution in [0.1, 0.15) is 13.3 Å². The molecule has 0 saturated carbocycles. The molecule has 1 atom stereocenters. The number of hydrogen-bond acceptors (Lipinski definition) is 4. The summed E-state index contributed by atoms with van der Waals surface area (Å²) in [5.41, 5.74) is 0. The number of nitrogens with one attached hydrogen (secondary N) is 2. The molecule has 0 fully saturated rings. The molecule has 0 heterocycles. The minimum Gasteiger partial charge on any atom is -0.497 e. The molecule has 6 nitrogen and oxygen atoms in total. The average Bonchev–Trinajstić information content (AvgIpc) is 2.53. The first-order valence-corrected chi connectivity index (χ1v) is 7.42. The van der Waals surface area contributed by atoms with Crippen molar-refractivity contribution in [2.24, 2.45) is 4.99 Å². The Morgan fingerprint density at radius 3 is 2.65 bits per heavy atom. The summed E-state index contributed by atoms with van der Waals surface area (Å²) in [4.78, 5) is 4.17. The fourth-order valence-electron chi connectivity index (χ4n) is 1.88. The molecule has 7 heteroatoms. The minimum atomic E-state index is 0. The second kappa shape index (κ2) is 13.2. The maximum absolute atomic E-state index is 5.68. The highest BCUT2D eigenvalue weighted by atomic mass is 127. The van der Waals surface area contributed by atoms with Gasteiger partial charge < -0.3 is 24.8 Å². The molecule has 0 saturated heterocycles. The van der Waals surface area contributed by atoms with Gasteiger partial charge in [0.05, 0.1) is 20.3 Å². The molecule has 0 amide bonds. The average molecular weight is 437 g/mol. The van der Waals surface area contributed by atoms with Crippen LogP contribution in [0.4, 0.5) is 0 Å².